The molecule has 1 amide bonds. The van der Waals surface area contributed by atoms with Crippen LogP contribution in [-0.4, -0.2) is 23.9 Å². The molecular weight excluding hydrogens is 368 g/mol. The molecule has 1 atom stereocenters. The van der Waals surface area contributed by atoms with E-state index < -0.39 is 0 Å². The second-order valence-electron chi connectivity index (χ2n) is 5.50. The van der Waals surface area contributed by atoms with Gasteiger partial charge in [-0.2, -0.15) is 0 Å². The van der Waals surface area contributed by atoms with Gasteiger partial charge in [-0.1, -0.05) is 19.8 Å². The average Bonchev–Trinajstić information content (AvgIpc) is 2.64. The van der Waals surface area contributed by atoms with Crippen molar-refractivity contribution in [3.05, 3.63) is 33.1 Å². The molecular formula is C16H21FINO. The highest BCUT2D eigenvalue weighted by Gasteiger charge is 2.22. The van der Waals surface area contributed by atoms with Crippen LogP contribution < -0.4 is 0 Å². The third-order valence-electron chi connectivity index (χ3n) is 3.99. The molecule has 1 heterocycles. The summed E-state index contributed by atoms with van der Waals surface area (Å²) in [7, 11) is 0. The predicted octanol–water partition coefficient (Wildman–Crippen LogP) is 4.47. The van der Waals surface area contributed by atoms with Gasteiger partial charge < -0.3 is 4.90 Å². The second kappa shape index (κ2) is 7.38. The highest BCUT2D eigenvalue weighted by Crippen LogP contribution is 2.24. The fourth-order valence-electron chi connectivity index (χ4n) is 2.90. The first-order chi connectivity index (χ1) is 9.61. The van der Waals surface area contributed by atoms with Gasteiger partial charge in [-0.05, 0) is 66.0 Å². The number of hydrogen-bond acceptors (Lipinski definition) is 1. The normalized spacial score (nSPS) is 19.8. The van der Waals surface area contributed by atoms with Crippen LogP contribution in [0, 0.1) is 15.3 Å². The lowest BCUT2D eigenvalue weighted by molar-refractivity contribution is 0.0758. The van der Waals surface area contributed by atoms with Crippen molar-refractivity contribution in [3.63, 3.8) is 0 Å². The van der Waals surface area contributed by atoms with E-state index in [1.165, 1.54) is 31.4 Å². The maximum absolute atomic E-state index is 13.1. The summed E-state index contributed by atoms with van der Waals surface area (Å²) < 4.78 is 13.8. The molecule has 0 aromatic heterocycles. The van der Waals surface area contributed by atoms with Crippen molar-refractivity contribution in [3.8, 4) is 0 Å². The number of rotatable bonds is 3. The molecule has 1 fully saturated rings. The number of benzene rings is 1. The quantitative estimate of drug-likeness (QED) is 0.699. The van der Waals surface area contributed by atoms with Crippen LogP contribution in [0.5, 0.6) is 0 Å². The molecule has 0 saturated carbocycles. The number of amides is 1. The summed E-state index contributed by atoms with van der Waals surface area (Å²) >= 11 is 2.04. The van der Waals surface area contributed by atoms with Crippen LogP contribution in [0.15, 0.2) is 18.2 Å². The number of likely N-dealkylation sites (tertiary alicyclic amines) is 1. The van der Waals surface area contributed by atoms with E-state index in [0.717, 1.165) is 31.8 Å². The number of carbonyl (C=O) groups excluding carboxylic acids is 1. The van der Waals surface area contributed by atoms with Gasteiger partial charge in [-0.3, -0.25) is 4.79 Å². The van der Waals surface area contributed by atoms with E-state index in [1.54, 1.807) is 6.07 Å². The number of hydrogen-bond donors (Lipinski definition) is 0. The van der Waals surface area contributed by atoms with Crippen molar-refractivity contribution in [2.45, 2.75) is 39.0 Å². The van der Waals surface area contributed by atoms with Crippen LogP contribution in [0.4, 0.5) is 4.39 Å². The first kappa shape index (κ1) is 15.7. The number of carbonyl (C=O) groups is 1. The highest BCUT2D eigenvalue weighted by molar-refractivity contribution is 14.1. The van der Waals surface area contributed by atoms with E-state index in [4.69, 9.17) is 0 Å². The molecule has 1 unspecified atom stereocenters. The van der Waals surface area contributed by atoms with Crippen LogP contribution >= 0.6 is 22.6 Å². The minimum atomic E-state index is -0.287. The van der Waals surface area contributed by atoms with Crippen molar-refractivity contribution < 1.29 is 9.18 Å². The molecule has 20 heavy (non-hydrogen) atoms. The van der Waals surface area contributed by atoms with E-state index >= 15 is 0 Å². The average molecular weight is 389 g/mol. The maximum atomic E-state index is 13.1. The fourth-order valence-corrected chi connectivity index (χ4v) is 3.61. The summed E-state index contributed by atoms with van der Waals surface area (Å²) in [5.74, 6) is 0.515. The Balaban J connectivity index is 2.05. The van der Waals surface area contributed by atoms with E-state index in [-0.39, 0.29) is 11.7 Å². The molecule has 1 aromatic carbocycles. The maximum Gasteiger partial charge on any atom is 0.254 e. The SMILES string of the molecule is CCCC1CCCN(C(=O)c2ccc(F)cc2I)CC1. The Morgan fingerprint density at radius 2 is 2.20 bits per heavy atom. The van der Waals surface area contributed by atoms with Gasteiger partial charge >= 0.3 is 0 Å². The van der Waals surface area contributed by atoms with Gasteiger partial charge in [0.2, 0.25) is 0 Å². The smallest absolute Gasteiger partial charge is 0.254 e. The largest absolute Gasteiger partial charge is 0.339 e. The lowest BCUT2D eigenvalue weighted by atomic mass is 9.96. The Labute approximate surface area is 133 Å². The van der Waals surface area contributed by atoms with Crippen molar-refractivity contribution in [2.75, 3.05) is 13.1 Å². The highest BCUT2D eigenvalue weighted by atomic mass is 127. The van der Waals surface area contributed by atoms with Crippen LogP contribution in [0.25, 0.3) is 0 Å². The molecule has 0 bridgehead atoms. The van der Waals surface area contributed by atoms with Gasteiger partial charge in [0.05, 0.1) is 5.56 Å². The monoisotopic (exact) mass is 389 g/mol. The van der Waals surface area contributed by atoms with Crippen molar-refractivity contribution >= 4 is 28.5 Å². The Hall–Kier alpha value is -0.650. The summed E-state index contributed by atoms with van der Waals surface area (Å²) in [6, 6.07) is 4.40. The second-order valence-corrected chi connectivity index (χ2v) is 6.66. The minimum absolute atomic E-state index is 0.0477. The summed E-state index contributed by atoms with van der Waals surface area (Å²) in [6.07, 6.45) is 5.87. The van der Waals surface area contributed by atoms with E-state index in [0.29, 0.717) is 9.13 Å². The van der Waals surface area contributed by atoms with Gasteiger partial charge in [0.1, 0.15) is 5.82 Å². The van der Waals surface area contributed by atoms with E-state index in [2.05, 4.69) is 6.92 Å². The first-order valence-corrected chi connectivity index (χ1v) is 8.44. The topological polar surface area (TPSA) is 20.3 Å². The summed E-state index contributed by atoms with van der Waals surface area (Å²) in [4.78, 5) is 14.5. The Kier molecular flexibility index (Phi) is 5.81. The van der Waals surface area contributed by atoms with Crippen LogP contribution in [0.3, 0.4) is 0 Å². The van der Waals surface area contributed by atoms with Crippen LogP contribution in [0.1, 0.15) is 49.4 Å². The van der Waals surface area contributed by atoms with Gasteiger partial charge in [0.25, 0.3) is 5.91 Å². The number of halogens is 2. The zero-order valence-corrected chi connectivity index (χ0v) is 14.0. The molecule has 4 heteroatoms. The molecule has 1 aromatic rings. The molecule has 2 nitrogen and oxygen atoms in total. The predicted molar refractivity (Wildman–Crippen MR) is 87.3 cm³/mol. The van der Waals surface area contributed by atoms with E-state index in [1.807, 2.05) is 27.5 Å². The van der Waals surface area contributed by atoms with Crippen LogP contribution in [-0.2, 0) is 0 Å². The third kappa shape index (κ3) is 3.93. The molecule has 0 spiro atoms. The molecule has 1 saturated heterocycles. The van der Waals surface area contributed by atoms with Gasteiger partial charge in [-0.25, -0.2) is 4.39 Å². The zero-order chi connectivity index (χ0) is 14.5. The summed E-state index contributed by atoms with van der Waals surface area (Å²) in [5, 5.41) is 0. The summed E-state index contributed by atoms with van der Waals surface area (Å²) in [5.41, 5.74) is 0.626. The molecule has 0 N–H and O–H groups in total. The minimum Gasteiger partial charge on any atom is -0.339 e. The zero-order valence-electron chi connectivity index (χ0n) is 11.9. The molecule has 0 aliphatic carbocycles. The Morgan fingerprint density at radius 3 is 2.90 bits per heavy atom. The Morgan fingerprint density at radius 1 is 1.40 bits per heavy atom. The molecule has 110 valence electrons. The molecule has 1 aliphatic heterocycles. The van der Waals surface area contributed by atoms with Crippen LogP contribution in [0.2, 0.25) is 0 Å². The van der Waals surface area contributed by atoms with Gasteiger partial charge in [0, 0.05) is 16.7 Å². The van der Waals surface area contributed by atoms with Crippen molar-refractivity contribution in [1.82, 2.24) is 4.90 Å². The fraction of sp³-hybridized carbons (Fsp3) is 0.562. The van der Waals surface area contributed by atoms with E-state index in [9.17, 15) is 9.18 Å². The van der Waals surface area contributed by atoms with Gasteiger partial charge in [0.15, 0.2) is 0 Å². The van der Waals surface area contributed by atoms with Gasteiger partial charge in [-0.15, -0.1) is 0 Å². The lowest BCUT2D eigenvalue weighted by Gasteiger charge is -2.21. The van der Waals surface area contributed by atoms with Crippen molar-refractivity contribution in [1.29, 1.82) is 0 Å². The molecule has 1 aliphatic rings. The van der Waals surface area contributed by atoms with Crippen molar-refractivity contribution in [2.24, 2.45) is 5.92 Å². The lowest BCUT2D eigenvalue weighted by Crippen LogP contribution is -2.32. The first-order valence-electron chi connectivity index (χ1n) is 7.36. The molecule has 2 rings (SSSR count). The summed E-state index contributed by atoms with van der Waals surface area (Å²) in [6.45, 7) is 3.87. The third-order valence-corrected chi connectivity index (χ3v) is 4.89. The number of nitrogens with zero attached hydrogens (tertiary/aromatic N) is 1. The molecule has 0 radical (unpaired) electrons. The Bertz CT molecular complexity index is 478. The standard InChI is InChI=1S/C16H21FINO/c1-2-4-12-5-3-9-19(10-8-12)16(20)14-7-6-13(17)11-15(14)18/h6-7,11-12H,2-5,8-10H2,1H3.